The van der Waals surface area contributed by atoms with Crippen molar-refractivity contribution in [3.05, 3.63) is 33.1 Å². The van der Waals surface area contributed by atoms with E-state index in [0.717, 1.165) is 21.2 Å². The number of aliphatic hydroxyl groups excluding tert-OH is 1. The van der Waals surface area contributed by atoms with E-state index < -0.39 is 10.0 Å². The third kappa shape index (κ3) is 3.40. The first-order valence-electron chi connectivity index (χ1n) is 5.55. The summed E-state index contributed by atoms with van der Waals surface area (Å²) in [6.07, 6.45) is 1.72. The van der Waals surface area contributed by atoms with Crippen LogP contribution in [0.1, 0.15) is 28.4 Å². The van der Waals surface area contributed by atoms with Crippen molar-refractivity contribution in [2.45, 2.75) is 30.7 Å². The van der Waals surface area contributed by atoms with Gasteiger partial charge in [0.2, 0.25) is 0 Å². The van der Waals surface area contributed by atoms with E-state index in [1.54, 1.807) is 18.5 Å². The van der Waals surface area contributed by atoms with Gasteiger partial charge in [-0.15, -0.1) is 22.7 Å². The average Bonchev–Trinajstić information content (AvgIpc) is 2.96. The minimum absolute atomic E-state index is 0.159. The molecule has 19 heavy (non-hydrogen) atoms. The third-order valence-corrected chi connectivity index (χ3v) is 6.54. The molecule has 8 heteroatoms. The molecule has 2 heterocycles. The highest BCUT2D eigenvalue weighted by atomic mass is 32.2. The lowest BCUT2D eigenvalue weighted by Gasteiger charge is -2.10. The summed E-state index contributed by atoms with van der Waals surface area (Å²) in [7, 11) is -3.56. The number of aromatic nitrogens is 1. The number of hydrogen-bond donors (Lipinski definition) is 2. The van der Waals surface area contributed by atoms with Gasteiger partial charge < -0.3 is 5.11 Å². The van der Waals surface area contributed by atoms with Crippen LogP contribution in [0.2, 0.25) is 0 Å². The van der Waals surface area contributed by atoms with E-state index >= 15 is 0 Å². The molecule has 5 nitrogen and oxygen atoms in total. The maximum Gasteiger partial charge on any atom is 0.250 e. The first-order chi connectivity index (χ1) is 8.92. The number of nitrogens with one attached hydrogen (secondary N) is 1. The van der Waals surface area contributed by atoms with E-state index in [0.29, 0.717) is 5.56 Å². The molecule has 2 aromatic heterocycles. The number of aliphatic hydroxyl groups is 1. The average molecular weight is 318 g/mol. The van der Waals surface area contributed by atoms with Crippen molar-refractivity contribution in [1.82, 2.24) is 9.71 Å². The Morgan fingerprint density at radius 3 is 2.79 bits per heavy atom. The summed E-state index contributed by atoms with van der Waals surface area (Å²) < 4.78 is 27.1. The number of rotatable bonds is 5. The molecule has 104 valence electrons. The van der Waals surface area contributed by atoms with Crippen LogP contribution in [0, 0.1) is 6.92 Å². The normalized spacial score (nSPS) is 13.6. The van der Waals surface area contributed by atoms with Gasteiger partial charge in [0.25, 0.3) is 10.0 Å². The molecule has 0 fully saturated rings. The molecule has 2 aromatic rings. The van der Waals surface area contributed by atoms with Gasteiger partial charge in [0.1, 0.15) is 9.22 Å². The minimum atomic E-state index is -3.56. The SMILES string of the molecule is Cc1cnc(C(C)NS(=O)(=O)c2cc(CO)cs2)s1. The van der Waals surface area contributed by atoms with Gasteiger partial charge in [-0.25, -0.2) is 18.1 Å². The van der Waals surface area contributed by atoms with Crippen LogP contribution in [0.25, 0.3) is 0 Å². The summed E-state index contributed by atoms with van der Waals surface area (Å²) in [5, 5.41) is 11.3. The van der Waals surface area contributed by atoms with E-state index in [2.05, 4.69) is 9.71 Å². The molecule has 0 aromatic carbocycles. The summed E-state index contributed by atoms with van der Waals surface area (Å²) >= 11 is 2.56. The summed E-state index contributed by atoms with van der Waals surface area (Å²) in [6, 6.07) is 1.11. The lowest BCUT2D eigenvalue weighted by Crippen LogP contribution is -2.26. The van der Waals surface area contributed by atoms with Crippen molar-refractivity contribution >= 4 is 32.7 Å². The molecule has 0 aliphatic rings. The molecule has 0 saturated heterocycles. The molecule has 0 radical (unpaired) electrons. The quantitative estimate of drug-likeness (QED) is 0.884. The smallest absolute Gasteiger partial charge is 0.250 e. The molecule has 2 rings (SSSR count). The minimum Gasteiger partial charge on any atom is -0.392 e. The second-order valence-corrected chi connectivity index (χ2v) is 8.20. The summed E-state index contributed by atoms with van der Waals surface area (Å²) in [5.41, 5.74) is 0.600. The van der Waals surface area contributed by atoms with Crippen molar-refractivity contribution in [3.63, 3.8) is 0 Å². The Bertz CT molecular complexity index is 660. The Labute approximate surface area is 120 Å². The highest BCUT2D eigenvalue weighted by Crippen LogP contribution is 2.24. The second kappa shape index (κ2) is 5.68. The Hall–Kier alpha value is -0.800. The molecule has 1 atom stereocenters. The lowest BCUT2D eigenvalue weighted by molar-refractivity contribution is 0.282. The molecule has 0 bridgehead atoms. The predicted molar refractivity (Wildman–Crippen MR) is 75.8 cm³/mol. The number of thiophene rings is 1. The summed E-state index contributed by atoms with van der Waals surface area (Å²) in [5.74, 6) is 0. The van der Waals surface area contributed by atoms with E-state index in [4.69, 9.17) is 5.11 Å². The highest BCUT2D eigenvalue weighted by molar-refractivity contribution is 7.91. The lowest BCUT2D eigenvalue weighted by atomic mass is 10.4. The number of aryl methyl sites for hydroxylation is 1. The number of sulfonamides is 1. The molecular weight excluding hydrogens is 304 g/mol. The zero-order valence-corrected chi connectivity index (χ0v) is 12.9. The summed E-state index contributed by atoms with van der Waals surface area (Å²) in [6.45, 7) is 3.53. The van der Waals surface area contributed by atoms with Gasteiger partial charge in [0, 0.05) is 11.1 Å². The Morgan fingerprint density at radius 2 is 2.26 bits per heavy atom. The fourth-order valence-corrected chi connectivity index (χ4v) is 4.77. The Morgan fingerprint density at radius 1 is 1.53 bits per heavy atom. The zero-order valence-electron chi connectivity index (χ0n) is 10.5. The van der Waals surface area contributed by atoms with Crippen LogP contribution in [-0.4, -0.2) is 18.5 Å². The zero-order chi connectivity index (χ0) is 14.0. The maximum absolute atomic E-state index is 12.1. The standard InChI is InChI=1S/C11H14N2O3S3/c1-7-4-12-11(18-7)8(2)13-19(15,16)10-3-9(5-14)6-17-10/h3-4,6,8,13-14H,5H2,1-2H3. The highest BCUT2D eigenvalue weighted by Gasteiger charge is 2.21. The number of nitrogens with zero attached hydrogens (tertiary/aromatic N) is 1. The fraction of sp³-hybridized carbons (Fsp3) is 0.364. The third-order valence-electron chi connectivity index (χ3n) is 2.42. The van der Waals surface area contributed by atoms with Crippen molar-refractivity contribution in [1.29, 1.82) is 0 Å². The number of thiazole rings is 1. The van der Waals surface area contributed by atoms with Crippen LogP contribution in [0.15, 0.2) is 21.9 Å². The van der Waals surface area contributed by atoms with Crippen molar-refractivity contribution in [2.75, 3.05) is 0 Å². The van der Waals surface area contributed by atoms with Gasteiger partial charge in [-0.1, -0.05) is 0 Å². The largest absolute Gasteiger partial charge is 0.392 e. The van der Waals surface area contributed by atoms with Gasteiger partial charge in [0.15, 0.2) is 0 Å². The monoisotopic (exact) mass is 318 g/mol. The molecule has 1 unspecified atom stereocenters. The topological polar surface area (TPSA) is 79.3 Å². The number of hydrogen-bond acceptors (Lipinski definition) is 6. The van der Waals surface area contributed by atoms with E-state index in [9.17, 15) is 8.42 Å². The van der Waals surface area contributed by atoms with Gasteiger partial charge in [-0.05, 0) is 30.9 Å². The maximum atomic E-state index is 12.1. The van der Waals surface area contributed by atoms with Crippen LogP contribution in [0.5, 0.6) is 0 Å². The molecule has 2 N–H and O–H groups in total. The van der Waals surface area contributed by atoms with E-state index in [-0.39, 0.29) is 16.9 Å². The molecular formula is C11H14N2O3S3. The van der Waals surface area contributed by atoms with Crippen LogP contribution in [-0.2, 0) is 16.6 Å². The van der Waals surface area contributed by atoms with E-state index in [1.807, 2.05) is 6.92 Å². The van der Waals surface area contributed by atoms with Gasteiger partial charge in [-0.2, -0.15) is 0 Å². The van der Waals surface area contributed by atoms with Crippen LogP contribution in [0.3, 0.4) is 0 Å². The molecule has 0 aliphatic heterocycles. The molecule has 0 saturated carbocycles. The fourth-order valence-electron chi connectivity index (χ4n) is 1.49. The Balaban J connectivity index is 2.17. The summed E-state index contributed by atoms with van der Waals surface area (Å²) in [4.78, 5) is 5.21. The molecule has 0 amide bonds. The molecule has 0 aliphatic carbocycles. The van der Waals surface area contributed by atoms with Gasteiger partial charge >= 0.3 is 0 Å². The van der Waals surface area contributed by atoms with Gasteiger partial charge in [-0.3, -0.25) is 0 Å². The van der Waals surface area contributed by atoms with E-state index in [1.165, 1.54) is 17.4 Å². The van der Waals surface area contributed by atoms with Crippen molar-refractivity contribution in [3.8, 4) is 0 Å². The van der Waals surface area contributed by atoms with Crippen LogP contribution in [0.4, 0.5) is 0 Å². The van der Waals surface area contributed by atoms with Crippen LogP contribution >= 0.6 is 22.7 Å². The molecule has 0 spiro atoms. The van der Waals surface area contributed by atoms with Gasteiger partial charge in [0.05, 0.1) is 12.6 Å². The Kier molecular flexibility index (Phi) is 4.36. The first-order valence-corrected chi connectivity index (χ1v) is 8.73. The predicted octanol–water partition coefficient (Wildman–Crippen LogP) is 2.04. The van der Waals surface area contributed by atoms with Crippen molar-refractivity contribution < 1.29 is 13.5 Å². The van der Waals surface area contributed by atoms with Crippen LogP contribution < -0.4 is 4.72 Å². The second-order valence-electron chi connectivity index (χ2n) is 4.08. The first kappa shape index (κ1) is 14.6. The van der Waals surface area contributed by atoms with Crippen molar-refractivity contribution in [2.24, 2.45) is 0 Å².